The number of carbonyl (C=O) groups excluding carboxylic acids is 3. The first-order valence-corrected chi connectivity index (χ1v) is 6.72. The van der Waals surface area contributed by atoms with Crippen LogP contribution in [-0.2, 0) is 14.3 Å². The van der Waals surface area contributed by atoms with Gasteiger partial charge in [-0.25, -0.2) is 0 Å². The van der Waals surface area contributed by atoms with E-state index < -0.39 is 17.1 Å². The van der Waals surface area contributed by atoms with Crippen LogP contribution in [0, 0.1) is 6.92 Å². The summed E-state index contributed by atoms with van der Waals surface area (Å²) in [7, 11) is 1.21. The highest BCUT2D eigenvalue weighted by Crippen LogP contribution is 2.32. The Morgan fingerprint density at radius 1 is 1.35 bits per heavy atom. The highest BCUT2D eigenvalue weighted by atomic mass is 32.2. The normalized spacial score (nSPS) is 16.9. The van der Waals surface area contributed by atoms with Crippen molar-refractivity contribution in [3.63, 3.8) is 0 Å². The van der Waals surface area contributed by atoms with Crippen molar-refractivity contribution in [3.05, 3.63) is 40.3 Å². The van der Waals surface area contributed by atoms with Gasteiger partial charge in [0.1, 0.15) is 6.54 Å². The molecule has 5 nitrogen and oxygen atoms in total. The van der Waals surface area contributed by atoms with E-state index in [0.717, 1.165) is 27.8 Å². The van der Waals surface area contributed by atoms with Gasteiger partial charge in [0.25, 0.3) is 11.1 Å². The number of nitrogens with zero attached hydrogens (tertiary/aromatic N) is 1. The molecule has 20 heavy (non-hydrogen) atoms. The highest BCUT2D eigenvalue weighted by molar-refractivity contribution is 8.18. The summed E-state index contributed by atoms with van der Waals surface area (Å²) >= 11 is 0.829. The molecule has 1 fully saturated rings. The molecule has 1 heterocycles. The monoisotopic (exact) mass is 291 g/mol. The Labute approximate surface area is 120 Å². The second-order valence-corrected chi connectivity index (χ2v) is 5.19. The lowest BCUT2D eigenvalue weighted by Gasteiger charge is -2.09. The number of methoxy groups -OCH3 is 1. The number of amides is 2. The topological polar surface area (TPSA) is 63.7 Å². The van der Waals surface area contributed by atoms with Crippen LogP contribution in [0.25, 0.3) is 6.08 Å². The van der Waals surface area contributed by atoms with Crippen LogP contribution in [0.3, 0.4) is 0 Å². The van der Waals surface area contributed by atoms with E-state index in [0.29, 0.717) is 4.91 Å². The van der Waals surface area contributed by atoms with Crippen LogP contribution in [0.15, 0.2) is 29.2 Å². The molecular formula is C14H13NO4S. The molecular weight excluding hydrogens is 278 g/mol. The van der Waals surface area contributed by atoms with Gasteiger partial charge in [0.05, 0.1) is 12.0 Å². The Balaban J connectivity index is 2.24. The third-order valence-corrected chi connectivity index (χ3v) is 3.77. The van der Waals surface area contributed by atoms with Crippen molar-refractivity contribution >= 4 is 35.0 Å². The number of ether oxygens (including phenoxy) is 1. The minimum absolute atomic E-state index is 0.313. The summed E-state index contributed by atoms with van der Waals surface area (Å²) in [5, 5.41) is -0.458. The van der Waals surface area contributed by atoms with Crippen molar-refractivity contribution < 1.29 is 19.1 Å². The molecule has 0 aromatic heterocycles. The first kappa shape index (κ1) is 14.3. The lowest BCUT2D eigenvalue weighted by molar-refractivity contribution is -0.143. The standard InChI is InChI=1S/C14H13NO4S/c1-9-5-3-4-6-10(9)7-11-13(17)15(14(18)20-11)8-12(16)19-2/h3-7H,8H2,1-2H3/b11-7+. The van der Waals surface area contributed by atoms with Gasteiger partial charge in [-0.3, -0.25) is 19.3 Å². The van der Waals surface area contributed by atoms with Crippen molar-refractivity contribution in [2.45, 2.75) is 6.92 Å². The molecule has 0 unspecified atom stereocenters. The average molecular weight is 291 g/mol. The molecule has 1 aromatic rings. The van der Waals surface area contributed by atoms with E-state index in [2.05, 4.69) is 4.74 Å². The fraction of sp³-hybridized carbons (Fsp3) is 0.214. The summed E-state index contributed by atoms with van der Waals surface area (Å²) in [6.45, 7) is 1.57. The van der Waals surface area contributed by atoms with Crippen LogP contribution < -0.4 is 0 Å². The third-order valence-electron chi connectivity index (χ3n) is 2.86. The summed E-state index contributed by atoms with van der Waals surface area (Å²) in [5.41, 5.74) is 1.88. The van der Waals surface area contributed by atoms with Crippen molar-refractivity contribution in [1.82, 2.24) is 4.90 Å². The Kier molecular flexibility index (Phi) is 4.24. The first-order valence-electron chi connectivity index (χ1n) is 5.90. The Hall–Kier alpha value is -2.08. The van der Waals surface area contributed by atoms with Gasteiger partial charge >= 0.3 is 5.97 Å². The van der Waals surface area contributed by atoms with Gasteiger partial charge < -0.3 is 4.74 Å². The predicted molar refractivity (Wildman–Crippen MR) is 75.9 cm³/mol. The molecule has 0 saturated carbocycles. The zero-order valence-corrected chi connectivity index (χ0v) is 11.9. The maximum Gasteiger partial charge on any atom is 0.325 e. The molecule has 0 aliphatic carbocycles. The molecule has 104 valence electrons. The highest BCUT2D eigenvalue weighted by Gasteiger charge is 2.36. The summed E-state index contributed by atoms with van der Waals surface area (Å²) in [6.07, 6.45) is 1.66. The van der Waals surface area contributed by atoms with E-state index in [1.807, 2.05) is 31.2 Å². The quantitative estimate of drug-likeness (QED) is 0.631. The maximum atomic E-state index is 12.1. The molecule has 1 aliphatic rings. The van der Waals surface area contributed by atoms with E-state index in [9.17, 15) is 14.4 Å². The maximum absolute atomic E-state index is 12.1. The molecule has 0 radical (unpaired) electrons. The second kappa shape index (κ2) is 5.92. The van der Waals surface area contributed by atoms with Crippen LogP contribution in [0.4, 0.5) is 4.79 Å². The molecule has 2 rings (SSSR count). The largest absolute Gasteiger partial charge is 0.468 e. The number of benzene rings is 1. The lowest BCUT2D eigenvalue weighted by Crippen LogP contribution is -2.34. The number of esters is 1. The van der Waals surface area contributed by atoms with E-state index in [4.69, 9.17) is 0 Å². The zero-order chi connectivity index (χ0) is 14.7. The summed E-state index contributed by atoms with van der Waals surface area (Å²) < 4.78 is 4.47. The van der Waals surface area contributed by atoms with Crippen molar-refractivity contribution in [2.24, 2.45) is 0 Å². The van der Waals surface area contributed by atoms with E-state index >= 15 is 0 Å². The second-order valence-electron chi connectivity index (χ2n) is 4.20. The minimum atomic E-state index is -0.621. The molecule has 0 spiro atoms. The number of aryl methyl sites for hydroxylation is 1. The minimum Gasteiger partial charge on any atom is -0.468 e. The molecule has 0 N–H and O–H groups in total. The average Bonchev–Trinajstić information content (AvgIpc) is 2.69. The smallest absolute Gasteiger partial charge is 0.325 e. The number of hydrogen-bond acceptors (Lipinski definition) is 5. The number of hydrogen-bond donors (Lipinski definition) is 0. The summed E-state index contributed by atoms with van der Waals surface area (Å²) in [5.74, 6) is -1.09. The number of carbonyl (C=O) groups is 3. The molecule has 0 bridgehead atoms. The van der Waals surface area contributed by atoms with Crippen LogP contribution in [0.2, 0.25) is 0 Å². The van der Waals surface area contributed by atoms with Gasteiger partial charge in [0, 0.05) is 0 Å². The number of thioether (sulfide) groups is 1. The van der Waals surface area contributed by atoms with Crippen molar-refractivity contribution in [2.75, 3.05) is 13.7 Å². The summed E-state index contributed by atoms with van der Waals surface area (Å²) in [4.78, 5) is 36.2. The third kappa shape index (κ3) is 2.91. The van der Waals surface area contributed by atoms with Gasteiger partial charge in [0.15, 0.2) is 0 Å². The molecule has 1 saturated heterocycles. The van der Waals surface area contributed by atoms with E-state index in [1.165, 1.54) is 7.11 Å². The number of imide groups is 1. The van der Waals surface area contributed by atoms with Crippen molar-refractivity contribution in [3.8, 4) is 0 Å². The SMILES string of the molecule is COC(=O)CN1C(=O)S/C(=C/c2ccccc2C)C1=O. The first-order chi connectivity index (χ1) is 9.52. The molecule has 0 atom stereocenters. The van der Waals surface area contributed by atoms with Crippen LogP contribution in [0.5, 0.6) is 0 Å². The zero-order valence-electron chi connectivity index (χ0n) is 11.1. The molecule has 6 heteroatoms. The van der Waals surface area contributed by atoms with Gasteiger partial charge in [-0.05, 0) is 35.9 Å². The van der Waals surface area contributed by atoms with Crippen LogP contribution >= 0.6 is 11.8 Å². The molecule has 2 amide bonds. The Morgan fingerprint density at radius 2 is 2.05 bits per heavy atom. The molecule has 1 aliphatic heterocycles. The Bertz CT molecular complexity index is 609. The van der Waals surface area contributed by atoms with E-state index in [-0.39, 0.29) is 6.54 Å². The van der Waals surface area contributed by atoms with Gasteiger partial charge in [-0.2, -0.15) is 0 Å². The number of rotatable bonds is 3. The van der Waals surface area contributed by atoms with Gasteiger partial charge in [-0.1, -0.05) is 24.3 Å². The van der Waals surface area contributed by atoms with Crippen LogP contribution in [0.1, 0.15) is 11.1 Å². The Morgan fingerprint density at radius 3 is 2.70 bits per heavy atom. The van der Waals surface area contributed by atoms with Gasteiger partial charge in [0.2, 0.25) is 0 Å². The van der Waals surface area contributed by atoms with E-state index in [1.54, 1.807) is 6.08 Å². The lowest BCUT2D eigenvalue weighted by atomic mass is 10.1. The molecule has 1 aromatic carbocycles. The fourth-order valence-corrected chi connectivity index (χ4v) is 2.55. The summed E-state index contributed by atoms with van der Waals surface area (Å²) in [6, 6.07) is 7.54. The van der Waals surface area contributed by atoms with Crippen molar-refractivity contribution in [1.29, 1.82) is 0 Å². The fourth-order valence-electron chi connectivity index (χ4n) is 1.72. The van der Waals surface area contributed by atoms with Gasteiger partial charge in [-0.15, -0.1) is 0 Å². The van der Waals surface area contributed by atoms with Crippen LogP contribution in [-0.4, -0.2) is 35.7 Å². The predicted octanol–water partition coefficient (Wildman–Crippen LogP) is 2.20.